The lowest BCUT2D eigenvalue weighted by Gasteiger charge is -2.24. The first-order valence-electron chi connectivity index (χ1n) is 7.31. The second-order valence-corrected chi connectivity index (χ2v) is 5.91. The predicted octanol–water partition coefficient (Wildman–Crippen LogP) is 3.86. The zero-order chi connectivity index (χ0) is 17.0. The zero-order valence-electron chi connectivity index (χ0n) is 13.3. The van der Waals surface area contributed by atoms with E-state index in [0.29, 0.717) is 10.6 Å². The Morgan fingerprint density at radius 1 is 1.22 bits per heavy atom. The minimum Gasteiger partial charge on any atom is -0.508 e. The van der Waals surface area contributed by atoms with E-state index in [1.54, 1.807) is 38.3 Å². The number of methoxy groups -OCH3 is 1. The maximum Gasteiger partial charge on any atom is 0.251 e. The monoisotopic (exact) mass is 333 g/mol. The van der Waals surface area contributed by atoms with E-state index in [1.165, 1.54) is 6.07 Å². The molecule has 0 saturated heterocycles. The summed E-state index contributed by atoms with van der Waals surface area (Å²) in [6.45, 7) is 3.67. The van der Waals surface area contributed by atoms with Crippen molar-refractivity contribution in [2.45, 2.75) is 26.0 Å². The molecular weight excluding hydrogens is 314 g/mol. The number of phenols is 1. The van der Waals surface area contributed by atoms with Crippen LogP contribution in [0.3, 0.4) is 0 Å². The van der Waals surface area contributed by atoms with Gasteiger partial charge in [0.2, 0.25) is 0 Å². The van der Waals surface area contributed by atoms with E-state index in [0.717, 1.165) is 11.1 Å². The fourth-order valence-electron chi connectivity index (χ4n) is 2.54. The Bertz CT molecular complexity index is 685. The second kappa shape index (κ2) is 7.49. The largest absolute Gasteiger partial charge is 0.508 e. The molecule has 2 atom stereocenters. The van der Waals surface area contributed by atoms with Crippen molar-refractivity contribution in [1.29, 1.82) is 0 Å². The predicted molar refractivity (Wildman–Crippen MR) is 91.0 cm³/mol. The molecule has 0 fully saturated rings. The number of benzene rings is 2. The number of hydrogen-bond acceptors (Lipinski definition) is 3. The number of carbonyl (C=O) groups is 1. The Morgan fingerprint density at radius 2 is 1.87 bits per heavy atom. The minimum absolute atomic E-state index is 0.142. The van der Waals surface area contributed by atoms with Gasteiger partial charge >= 0.3 is 0 Å². The van der Waals surface area contributed by atoms with Crippen molar-refractivity contribution in [3.8, 4) is 5.75 Å². The Labute approximate surface area is 141 Å². The Morgan fingerprint density at radius 3 is 2.43 bits per heavy atom. The minimum atomic E-state index is -0.284. The molecule has 0 saturated carbocycles. The van der Waals surface area contributed by atoms with Gasteiger partial charge in [-0.05, 0) is 55.3 Å². The van der Waals surface area contributed by atoms with Crippen molar-refractivity contribution in [1.82, 2.24) is 5.32 Å². The number of rotatable bonds is 5. The van der Waals surface area contributed by atoms with Crippen LogP contribution in [0.15, 0.2) is 42.5 Å². The normalized spacial score (nSPS) is 13.4. The summed E-state index contributed by atoms with van der Waals surface area (Å²) in [5.41, 5.74) is 2.18. The van der Waals surface area contributed by atoms with E-state index >= 15 is 0 Å². The van der Waals surface area contributed by atoms with E-state index in [9.17, 15) is 9.90 Å². The van der Waals surface area contributed by atoms with Gasteiger partial charge in [0.05, 0.1) is 6.04 Å². The van der Waals surface area contributed by atoms with Crippen LogP contribution in [0.4, 0.5) is 0 Å². The maximum absolute atomic E-state index is 12.4. The Hall–Kier alpha value is -2.04. The molecule has 23 heavy (non-hydrogen) atoms. The van der Waals surface area contributed by atoms with Crippen LogP contribution >= 0.6 is 11.6 Å². The molecule has 2 aromatic rings. The quantitative estimate of drug-likeness (QED) is 0.873. The molecule has 122 valence electrons. The van der Waals surface area contributed by atoms with Gasteiger partial charge < -0.3 is 15.2 Å². The topological polar surface area (TPSA) is 58.6 Å². The summed E-state index contributed by atoms with van der Waals surface area (Å²) >= 11 is 5.90. The van der Waals surface area contributed by atoms with Crippen LogP contribution in [0.2, 0.25) is 5.02 Å². The van der Waals surface area contributed by atoms with Crippen LogP contribution in [-0.4, -0.2) is 24.2 Å². The summed E-state index contributed by atoms with van der Waals surface area (Å²) < 4.78 is 5.53. The van der Waals surface area contributed by atoms with Crippen LogP contribution in [0.5, 0.6) is 5.75 Å². The lowest BCUT2D eigenvalue weighted by Crippen LogP contribution is -2.38. The molecule has 2 rings (SSSR count). The summed E-state index contributed by atoms with van der Waals surface area (Å²) in [7, 11) is 1.60. The van der Waals surface area contributed by atoms with Crippen molar-refractivity contribution in [2.75, 3.05) is 7.11 Å². The van der Waals surface area contributed by atoms with Gasteiger partial charge in [-0.3, -0.25) is 4.79 Å². The molecule has 0 aliphatic heterocycles. The molecule has 0 radical (unpaired) electrons. The summed E-state index contributed by atoms with van der Waals surface area (Å²) in [6.07, 6.45) is -0.284. The first-order valence-corrected chi connectivity index (χ1v) is 7.69. The lowest BCUT2D eigenvalue weighted by atomic mass is 10.0. The Kier molecular flexibility index (Phi) is 5.64. The number of aryl methyl sites for hydroxylation is 1. The molecular formula is C18H20ClNO3. The number of halogens is 1. The van der Waals surface area contributed by atoms with E-state index in [4.69, 9.17) is 16.3 Å². The summed E-state index contributed by atoms with van der Waals surface area (Å²) in [5, 5.41) is 13.0. The number of aromatic hydroxyl groups is 1. The molecule has 1 amide bonds. The van der Waals surface area contributed by atoms with Gasteiger partial charge in [0.25, 0.3) is 5.91 Å². The van der Waals surface area contributed by atoms with E-state index < -0.39 is 0 Å². The molecule has 0 aliphatic carbocycles. The molecule has 5 heteroatoms. The van der Waals surface area contributed by atoms with E-state index in [-0.39, 0.29) is 23.8 Å². The van der Waals surface area contributed by atoms with Crippen LogP contribution in [0.1, 0.15) is 34.5 Å². The highest BCUT2D eigenvalue weighted by atomic mass is 35.5. The van der Waals surface area contributed by atoms with Crippen LogP contribution in [0.25, 0.3) is 0 Å². The third-order valence-corrected chi connectivity index (χ3v) is 3.97. The van der Waals surface area contributed by atoms with Crippen molar-refractivity contribution < 1.29 is 14.6 Å². The SMILES string of the molecule is CO[C@@H](c1ccc(Cl)cc1)[C@H](C)NC(=O)c1ccc(O)cc1C. The summed E-state index contributed by atoms with van der Waals surface area (Å²) in [5.74, 6) is -0.0611. The number of phenolic OH excluding ortho intramolecular Hbond substituents is 1. The van der Waals surface area contributed by atoms with Crippen molar-refractivity contribution in [3.05, 3.63) is 64.2 Å². The fraction of sp³-hybridized carbons (Fsp3) is 0.278. The van der Waals surface area contributed by atoms with Crippen LogP contribution < -0.4 is 5.32 Å². The smallest absolute Gasteiger partial charge is 0.251 e. The number of carbonyl (C=O) groups excluding carboxylic acids is 1. The maximum atomic E-state index is 12.4. The molecule has 2 N–H and O–H groups in total. The summed E-state index contributed by atoms with van der Waals surface area (Å²) in [6, 6.07) is 11.8. The number of ether oxygens (including phenoxy) is 1. The van der Waals surface area contributed by atoms with Gasteiger partial charge in [-0.1, -0.05) is 23.7 Å². The zero-order valence-corrected chi connectivity index (χ0v) is 14.1. The standard InChI is InChI=1S/C18H20ClNO3/c1-11-10-15(21)8-9-16(11)18(22)20-12(2)17(23-3)13-4-6-14(19)7-5-13/h4-10,12,17,21H,1-3H3,(H,20,22)/t12-,17+/m0/s1. The van der Waals surface area contributed by atoms with Gasteiger partial charge in [-0.2, -0.15) is 0 Å². The third kappa shape index (κ3) is 4.24. The second-order valence-electron chi connectivity index (χ2n) is 5.47. The van der Waals surface area contributed by atoms with Gasteiger partial charge in [0, 0.05) is 17.7 Å². The Balaban J connectivity index is 2.14. The number of nitrogens with one attached hydrogen (secondary N) is 1. The first-order chi connectivity index (χ1) is 10.9. The average Bonchev–Trinajstić information content (AvgIpc) is 2.49. The highest BCUT2D eigenvalue weighted by Crippen LogP contribution is 2.23. The number of amides is 1. The fourth-order valence-corrected chi connectivity index (χ4v) is 2.67. The average molecular weight is 334 g/mol. The van der Waals surface area contributed by atoms with Gasteiger partial charge in [-0.15, -0.1) is 0 Å². The molecule has 0 heterocycles. The van der Waals surface area contributed by atoms with E-state index in [2.05, 4.69) is 5.32 Å². The third-order valence-electron chi connectivity index (χ3n) is 3.72. The highest BCUT2D eigenvalue weighted by Gasteiger charge is 2.22. The molecule has 2 aromatic carbocycles. The molecule has 4 nitrogen and oxygen atoms in total. The number of hydrogen-bond donors (Lipinski definition) is 2. The van der Waals surface area contributed by atoms with Gasteiger partial charge in [0.15, 0.2) is 0 Å². The van der Waals surface area contributed by atoms with Crippen LogP contribution in [0, 0.1) is 6.92 Å². The van der Waals surface area contributed by atoms with Crippen molar-refractivity contribution >= 4 is 17.5 Å². The molecule has 0 spiro atoms. The van der Waals surface area contributed by atoms with Crippen molar-refractivity contribution in [3.63, 3.8) is 0 Å². The first kappa shape index (κ1) is 17.3. The lowest BCUT2D eigenvalue weighted by molar-refractivity contribution is 0.0644. The molecule has 0 unspecified atom stereocenters. The van der Waals surface area contributed by atoms with Crippen LogP contribution in [-0.2, 0) is 4.74 Å². The molecule has 0 aromatic heterocycles. The summed E-state index contributed by atoms with van der Waals surface area (Å²) in [4.78, 5) is 12.4. The molecule has 0 bridgehead atoms. The van der Waals surface area contributed by atoms with E-state index in [1.807, 2.05) is 19.1 Å². The van der Waals surface area contributed by atoms with Gasteiger partial charge in [-0.25, -0.2) is 0 Å². The molecule has 0 aliphatic rings. The van der Waals surface area contributed by atoms with Gasteiger partial charge in [0.1, 0.15) is 11.9 Å². The highest BCUT2D eigenvalue weighted by molar-refractivity contribution is 6.30. The van der Waals surface area contributed by atoms with Crippen molar-refractivity contribution in [2.24, 2.45) is 0 Å².